The summed E-state index contributed by atoms with van der Waals surface area (Å²) in [6, 6.07) is 3.61. The molecular formula is C18H23N3O6. The lowest BCUT2D eigenvalue weighted by Crippen LogP contribution is -2.41. The number of ether oxygens (including phenoxy) is 1. The molecule has 0 radical (unpaired) electrons. The van der Waals surface area contributed by atoms with E-state index in [0.717, 1.165) is 18.9 Å². The molecule has 9 nitrogen and oxygen atoms in total. The monoisotopic (exact) mass is 377 g/mol. The molecule has 1 aliphatic heterocycles. The van der Waals surface area contributed by atoms with Crippen LogP contribution in [0.4, 0.5) is 5.69 Å². The Morgan fingerprint density at radius 2 is 1.85 bits per heavy atom. The molecule has 1 aromatic rings. The lowest BCUT2D eigenvalue weighted by Gasteiger charge is -2.32. The molecule has 2 amide bonds. The molecule has 1 N–H and O–H groups in total. The summed E-state index contributed by atoms with van der Waals surface area (Å²) in [6.45, 7) is 4.77. The number of carbonyl (C=O) groups is 3. The Balaban J connectivity index is 2.12. The molecule has 1 fully saturated rings. The van der Waals surface area contributed by atoms with Crippen LogP contribution in [0.2, 0.25) is 0 Å². The van der Waals surface area contributed by atoms with Gasteiger partial charge in [0, 0.05) is 44.3 Å². The van der Waals surface area contributed by atoms with Crippen LogP contribution in [0.15, 0.2) is 18.2 Å². The third-order valence-corrected chi connectivity index (χ3v) is 4.43. The Bertz CT molecular complexity index is 741. The molecule has 1 saturated heterocycles. The van der Waals surface area contributed by atoms with E-state index < -0.39 is 10.9 Å². The first-order valence-corrected chi connectivity index (χ1v) is 8.82. The summed E-state index contributed by atoms with van der Waals surface area (Å²) in [5.41, 5.74) is -0.257. The summed E-state index contributed by atoms with van der Waals surface area (Å²) in [7, 11) is 0. The first-order valence-electron chi connectivity index (χ1n) is 8.82. The summed E-state index contributed by atoms with van der Waals surface area (Å²) >= 11 is 0. The smallest absolute Gasteiger partial charge is 0.338 e. The van der Waals surface area contributed by atoms with Gasteiger partial charge in [0.25, 0.3) is 11.6 Å². The average Bonchev–Trinajstić information content (AvgIpc) is 2.66. The van der Waals surface area contributed by atoms with Crippen molar-refractivity contribution in [1.29, 1.82) is 0 Å². The molecule has 1 heterocycles. The number of carbonyl (C=O) groups excluding carboxylic acids is 3. The van der Waals surface area contributed by atoms with Crippen molar-refractivity contribution in [1.82, 2.24) is 10.2 Å². The fourth-order valence-corrected chi connectivity index (χ4v) is 2.98. The van der Waals surface area contributed by atoms with Crippen molar-refractivity contribution >= 4 is 23.5 Å². The maximum absolute atomic E-state index is 12.8. The van der Waals surface area contributed by atoms with Crippen LogP contribution in [-0.4, -0.2) is 53.8 Å². The van der Waals surface area contributed by atoms with Gasteiger partial charge in [0.05, 0.1) is 17.1 Å². The zero-order valence-electron chi connectivity index (χ0n) is 15.4. The highest BCUT2D eigenvalue weighted by Gasteiger charge is 2.26. The molecule has 0 saturated carbocycles. The lowest BCUT2D eigenvalue weighted by atomic mass is 9.96. The number of likely N-dealkylation sites (tertiary alicyclic amines) is 1. The molecule has 0 spiro atoms. The summed E-state index contributed by atoms with van der Waals surface area (Å²) in [5, 5.41) is 13.9. The maximum atomic E-state index is 12.8. The van der Waals surface area contributed by atoms with Gasteiger partial charge in [-0.25, -0.2) is 4.79 Å². The number of esters is 1. The minimum atomic E-state index is -0.704. The third-order valence-electron chi connectivity index (χ3n) is 4.43. The highest BCUT2D eigenvalue weighted by Crippen LogP contribution is 2.22. The van der Waals surface area contributed by atoms with Crippen molar-refractivity contribution in [2.75, 3.05) is 26.2 Å². The van der Waals surface area contributed by atoms with Crippen LogP contribution in [0.1, 0.15) is 47.4 Å². The molecule has 146 valence electrons. The Morgan fingerprint density at radius 3 is 2.41 bits per heavy atom. The van der Waals surface area contributed by atoms with Crippen molar-refractivity contribution < 1.29 is 24.0 Å². The highest BCUT2D eigenvalue weighted by molar-refractivity contribution is 5.99. The van der Waals surface area contributed by atoms with E-state index >= 15 is 0 Å². The number of hydrogen-bond donors (Lipinski definition) is 1. The first-order chi connectivity index (χ1) is 12.8. The van der Waals surface area contributed by atoms with E-state index in [4.69, 9.17) is 4.74 Å². The van der Waals surface area contributed by atoms with E-state index in [2.05, 4.69) is 5.32 Å². The molecule has 0 aromatic heterocycles. The third kappa shape index (κ3) is 5.50. The second kappa shape index (κ2) is 9.11. The zero-order valence-corrected chi connectivity index (χ0v) is 15.4. The van der Waals surface area contributed by atoms with Crippen LogP contribution >= 0.6 is 0 Å². The lowest BCUT2D eigenvalue weighted by molar-refractivity contribution is -0.384. The van der Waals surface area contributed by atoms with E-state index in [9.17, 15) is 24.5 Å². The van der Waals surface area contributed by atoms with Gasteiger partial charge >= 0.3 is 5.97 Å². The topological polar surface area (TPSA) is 119 Å². The predicted octanol–water partition coefficient (Wildman–Crippen LogP) is 1.76. The van der Waals surface area contributed by atoms with Gasteiger partial charge in [-0.05, 0) is 31.7 Å². The van der Waals surface area contributed by atoms with Crippen LogP contribution in [0, 0.1) is 16.0 Å². The number of nitrogens with zero attached hydrogens (tertiary/aromatic N) is 2. The number of hydrogen-bond acceptors (Lipinski definition) is 6. The Kier molecular flexibility index (Phi) is 6.86. The summed E-state index contributed by atoms with van der Waals surface area (Å²) in [5.74, 6) is -0.860. The van der Waals surface area contributed by atoms with Crippen molar-refractivity contribution in [2.24, 2.45) is 5.92 Å². The normalized spacial score (nSPS) is 14.5. The van der Waals surface area contributed by atoms with E-state index in [1.807, 2.05) is 0 Å². The molecule has 0 aliphatic carbocycles. The quantitative estimate of drug-likeness (QED) is 0.458. The van der Waals surface area contributed by atoms with Crippen molar-refractivity contribution in [3.63, 3.8) is 0 Å². The van der Waals surface area contributed by atoms with Gasteiger partial charge in [0.2, 0.25) is 5.91 Å². The minimum Gasteiger partial charge on any atom is -0.462 e. The van der Waals surface area contributed by atoms with Crippen LogP contribution in [0.5, 0.6) is 0 Å². The average molecular weight is 377 g/mol. The van der Waals surface area contributed by atoms with Gasteiger partial charge in [0.1, 0.15) is 0 Å². The minimum absolute atomic E-state index is 0.0186. The predicted molar refractivity (Wildman–Crippen MR) is 96.4 cm³/mol. The SMILES string of the molecule is CCOC(=O)c1cc(C(=O)N2CCC(CNC(C)=O)CC2)cc([N+](=O)[O-])c1. The Labute approximate surface area is 156 Å². The first kappa shape index (κ1) is 20.3. The second-order valence-corrected chi connectivity index (χ2v) is 6.42. The summed E-state index contributed by atoms with van der Waals surface area (Å²) in [4.78, 5) is 47.8. The van der Waals surface area contributed by atoms with Gasteiger partial charge in [0.15, 0.2) is 0 Å². The molecule has 0 bridgehead atoms. The van der Waals surface area contributed by atoms with Crippen LogP contribution in [0.3, 0.4) is 0 Å². The number of piperidine rings is 1. The van der Waals surface area contributed by atoms with Crippen LogP contribution in [0.25, 0.3) is 0 Å². The number of nitro benzene ring substituents is 1. The number of rotatable bonds is 6. The number of non-ortho nitro benzene ring substituents is 1. The number of nitro groups is 1. The standard InChI is InChI=1S/C18H23N3O6/c1-3-27-18(24)15-8-14(9-16(10-15)21(25)26)17(23)20-6-4-13(5-7-20)11-19-12(2)22/h8-10,13H,3-7,11H2,1-2H3,(H,19,22). The summed E-state index contributed by atoms with van der Waals surface area (Å²) in [6.07, 6.45) is 1.46. The van der Waals surface area contributed by atoms with Gasteiger partial charge in [-0.3, -0.25) is 19.7 Å². The van der Waals surface area contributed by atoms with Gasteiger partial charge in [-0.2, -0.15) is 0 Å². The molecule has 9 heteroatoms. The van der Waals surface area contributed by atoms with Gasteiger partial charge < -0.3 is 15.0 Å². The highest BCUT2D eigenvalue weighted by atomic mass is 16.6. The van der Waals surface area contributed by atoms with Crippen molar-refractivity contribution in [3.05, 3.63) is 39.4 Å². The second-order valence-electron chi connectivity index (χ2n) is 6.42. The molecule has 0 unspecified atom stereocenters. The fraction of sp³-hybridized carbons (Fsp3) is 0.500. The van der Waals surface area contributed by atoms with E-state index in [1.54, 1.807) is 11.8 Å². The van der Waals surface area contributed by atoms with Crippen molar-refractivity contribution in [2.45, 2.75) is 26.7 Å². The Morgan fingerprint density at radius 1 is 1.22 bits per heavy atom. The van der Waals surface area contributed by atoms with Crippen LogP contribution in [-0.2, 0) is 9.53 Å². The van der Waals surface area contributed by atoms with E-state index in [0.29, 0.717) is 19.6 Å². The van der Waals surface area contributed by atoms with E-state index in [-0.39, 0.29) is 41.2 Å². The van der Waals surface area contributed by atoms with Gasteiger partial charge in [-0.1, -0.05) is 0 Å². The zero-order chi connectivity index (χ0) is 20.0. The molecule has 2 rings (SSSR count). The maximum Gasteiger partial charge on any atom is 0.338 e. The Hall–Kier alpha value is -2.97. The largest absolute Gasteiger partial charge is 0.462 e. The molecule has 1 aliphatic rings. The molecule has 0 atom stereocenters. The van der Waals surface area contributed by atoms with Crippen LogP contribution < -0.4 is 5.32 Å². The van der Waals surface area contributed by atoms with Gasteiger partial charge in [-0.15, -0.1) is 0 Å². The molecular weight excluding hydrogens is 354 g/mol. The van der Waals surface area contributed by atoms with E-state index in [1.165, 1.54) is 19.1 Å². The number of benzene rings is 1. The number of nitrogens with one attached hydrogen (secondary N) is 1. The summed E-state index contributed by atoms with van der Waals surface area (Å²) < 4.78 is 4.88. The molecule has 27 heavy (non-hydrogen) atoms. The molecule has 1 aromatic carbocycles. The van der Waals surface area contributed by atoms with Crippen molar-refractivity contribution in [3.8, 4) is 0 Å². The number of amides is 2. The fourth-order valence-electron chi connectivity index (χ4n) is 2.98.